The molecule has 0 unspecified atom stereocenters. The van der Waals surface area contributed by atoms with Crippen molar-refractivity contribution in [3.63, 3.8) is 0 Å². The van der Waals surface area contributed by atoms with Gasteiger partial charge in [-0.15, -0.1) is 5.10 Å². The molecule has 0 radical (unpaired) electrons. The fraction of sp³-hybridized carbons (Fsp3) is 0.238. The summed E-state index contributed by atoms with van der Waals surface area (Å²) in [4.78, 5) is 22.0. The lowest BCUT2D eigenvalue weighted by Gasteiger charge is -2.16. The molecular weight excluding hydrogens is 432 g/mol. The van der Waals surface area contributed by atoms with Gasteiger partial charge in [-0.1, -0.05) is 40.2 Å². The van der Waals surface area contributed by atoms with Crippen LogP contribution in [-0.2, 0) is 4.79 Å². The van der Waals surface area contributed by atoms with E-state index >= 15 is 0 Å². The minimum absolute atomic E-state index is 0.00301. The molecule has 146 valence electrons. The number of rotatable bonds is 3. The average molecular weight is 451 g/mol. The summed E-state index contributed by atoms with van der Waals surface area (Å²) in [5.41, 5.74) is 2.42. The lowest BCUT2D eigenvalue weighted by molar-refractivity contribution is -0.121. The highest BCUT2D eigenvalue weighted by Gasteiger charge is 2.23. The Morgan fingerprint density at radius 1 is 1.07 bits per heavy atom. The number of hydrogen-bond acceptors (Lipinski definition) is 5. The SMILES string of the molecule is O=C1NCCCC[C@H]1Nc1nc2ccccc2c2nc(-c3ccccc3Br)nn12. The van der Waals surface area contributed by atoms with Crippen LogP contribution in [0.1, 0.15) is 19.3 Å². The molecule has 3 heterocycles. The maximum Gasteiger partial charge on any atom is 0.242 e. The van der Waals surface area contributed by atoms with Crippen molar-refractivity contribution in [2.45, 2.75) is 25.3 Å². The maximum atomic E-state index is 12.4. The summed E-state index contributed by atoms with van der Waals surface area (Å²) < 4.78 is 2.63. The van der Waals surface area contributed by atoms with E-state index in [2.05, 4.69) is 26.6 Å². The molecule has 2 N–H and O–H groups in total. The molecule has 0 spiro atoms. The van der Waals surface area contributed by atoms with E-state index in [1.165, 1.54) is 0 Å². The summed E-state index contributed by atoms with van der Waals surface area (Å²) in [7, 11) is 0. The van der Waals surface area contributed by atoms with Gasteiger partial charge in [-0.25, -0.2) is 9.97 Å². The number of fused-ring (bicyclic) bond motifs is 3. The smallest absolute Gasteiger partial charge is 0.242 e. The molecule has 1 saturated heterocycles. The van der Waals surface area contributed by atoms with Gasteiger partial charge in [0.25, 0.3) is 0 Å². The van der Waals surface area contributed by atoms with Gasteiger partial charge in [0, 0.05) is 22.0 Å². The molecule has 1 fully saturated rings. The summed E-state index contributed by atoms with van der Waals surface area (Å²) in [6, 6.07) is 15.3. The first-order chi connectivity index (χ1) is 14.2. The predicted molar refractivity (Wildman–Crippen MR) is 116 cm³/mol. The molecule has 0 bridgehead atoms. The molecule has 1 aliphatic rings. The molecule has 1 atom stereocenters. The van der Waals surface area contributed by atoms with Crippen LogP contribution < -0.4 is 10.6 Å². The fourth-order valence-corrected chi connectivity index (χ4v) is 4.10. The Hall–Kier alpha value is -3.00. The van der Waals surface area contributed by atoms with Gasteiger partial charge in [-0.05, 0) is 43.5 Å². The normalized spacial score (nSPS) is 17.3. The Morgan fingerprint density at radius 3 is 2.79 bits per heavy atom. The van der Waals surface area contributed by atoms with Gasteiger partial charge in [-0.3, -0.25) is 4.79 Å². The first-order valence-corrected chi connectivity index (χ1v) is 10.4. The Bertz CT molecular complexity index is 1220. The molecular formula is C21H19BrN6O. The highest BCUT2D eigenvalue weighted by molar-refractivity contribution is 9.10. The topological polar surface area (TPSA) is 84.2 Å². The quantitative estimate of drug-likeness (QED) is 0.495. The number of para-hydroxylation sites is 1. The zero-order valence-electron chi connectivity index (χ0n) is 15.6. The van der Waals surface area contributed by atoms with E-state index in [1.807, 2.05) is 48.5 Å². The van der Waals surface area contributed by atoms with Crippen LogP contribution in [0, 0.1) is 0 Å². The average Bonchev–Trinajstić information content (AvgIpc) is 3.08. The van der Waals surface area contributed by atoms with Crippen molar-refractivity contribution in [1.29, 1.82) is 0 Å². The van der Waals surface area contributed by atoms with E-state index in [0.717, 1.165) is 40.2 Å². The van der Waals surface area contributed by atoms with E-state index in [0.29, 0.717) is 24.0 Å². The van der Waals surface area contributed by atoms with Gasteiger partial charge in [0.15, 0.2) is 11.5 Å². The Morgan fingerprint density at radius 2 is 1.90 bits per heavy atom. The number of amides is 1. The van der Waals surface area contributed by atoms with Crippen LogP contribution in [-0.4, -0.2) is 38.1 Å². The molecule has 7 nitrogen and oxygen atoms in total. The third-order valence-electron chi connectivity index (χ3n) is 5.13. The molecule has 5 rings (SSSR count). The van der Waals surface area contributed by atoms with Gasteiger partial charge in [0.05, 0.1) is 5.52 Å². The van der Waals surface area contributed by atoms with Crippen LogP contribution in [0.2, 0.25) is 0 Å². The summed E-state index contributed by atoms with van der Waals surface area (Å²) in [5.74, 6) is 1.12. The van der Waals surface area contributed by atoms with Crippen molar-refractivity contribution in [2.75, 3.05) is 11.9 Å². The van der Waals surface area contributed by atoms with Crippen LogP contribution >= 0.6 is 15.9 Å². The molecule has 2 aromatic heterocycles. The second-order valence-corrected chi connectivity index (χ2v) is 7.94. The second kappa shape index (κ2) is 7.44. The van der Waals surface area contributed by atoms with Crippen LogP contribution in [0.15, 0.2) is 53.0 Å². The van der Waals surface area contributed by atoms with Gasteiger partial charge >= 0.3 is 0 Å². The lowest BCUT2D eigenvalue weighted by Crippen LogP contribution is -2.38. The molecule has 0 aliphatic carbocycles. The van der Waals surface area contributed by atoms with Crippen molar-refractivity contribution < 1.29 is 4.79 Å². The summed E-state index contributed by atoms with van der Waals surface area (Å²) in [6.45, 7) is 0.715. The van der Waals surface area contributed by atoms with Crippen molar-refractivity contribution in [3.8, 4) is 11.4 Å². The molecule has 0 saturated carbocycles. The largest absolute Gasteiger partial charge is 0.354 e. The standard InChI is InChI=1S/C21H19BrN6O/c22-15-9-3-1-7-13(15)18-26-19-14-8-2-4-10-16(14)24-21(28(19)27-18)25-17-11-5-6-12-23-20(17)29/h1-4,7-10,17H,5-6,11-12H2,(H,23,29)(H,24,25)/t17-/m1/s1. The Labute approximate surface area is 175 Å². The second-order valence-electron chi connectivity index (χ2n) is 7.09. The number of halogens is 1. The van der Waals surface area contributed by atoms with Gasteiger partial charge in [-0.2, -0.15) is 4.52 Å². The van der Waals surface area contributed by atoms with E-state index < -0.39 is 0 Å². The number of benzene rings is 2. The van der Waals surface area contributed by atoms with E-state index in [1.54, 1.807) is 4.52 Å². The zero-order chi connectivity index (χ0) is 19.8. The number of aromatic nitrogens is 4. The minimum Gasteiger partial charge on any atom is -0.354 e. The molecule has 2 aromatic carbocycles. The molecule has 1 amide bonds. The van der Waals surface area contributed by atoms with Gasteiger partial charge in [0.1, 0.15) is 6.04 Å². The van der Waals surface area contributed by atoms with Crippen molar-refractivity contribution in [2.24, 2.45) is 0 Å². The highest BCUT2D eigenvalue weighted by atomic mass is 79.9. The summed E-state index contributed by atoms with van der Waals surface area (Å²) in [6.07, 6.45) is 2.72. The first-order valence-electron chi connectivity index (χ1n) is 9.65. The van der Waals surface area contributed by atoms with Crippen molar-refractivity contribution in [3.05, 3.63) is 53.0 Å². The third kappa shape index (κ3) is 3.33. The van der Waals surface area contributed by atoms with Gasteiger partial charge < -0.3 is 10.6 Å². The Balaban J connectivity index is 1.68. The van der Waals surface area contributed by atoms with Crippen LogP contribution in [0.3, 0.4) is 0 Å². The van der Waals surface area contributed by atoms with Gasteiger partial charge in [0.2, 0.25) is 11.9 Å². The molecule has 8 heteroatoms. The molecule has 1 aliphatic heterocycles. The van der Waals surface area contributed by atoms with Crippen LogP contribution in [0.5, 0.6) is 0 Å². The van der Waals surface area contributed by atoms with Crippen LogP contribution in [0.25, 0.3) is 27.9 Å². The summed E-state index contributed by atoms with van der Waals surface area (Å²) >= 11 is 3.58. The first kappa shape index (κ1) is 18.1. The highest BCUT2D eigenvalue weighted by Crippen LogP contribution is 2.28. The van der Waals surface area contributed by atoms with E-state index in [9.17, 15) is 4.79 Å². The number of nitrogens with one attached hydrogen (secondary N) is 2. The fourth-order valence-electron chi connectivity index (χ4n) is 3.64. The zero-order valence-corrected chi connectivity index (χ0v) is 17.2. The van der Waals surface area contributed by atoms with Crippen molar-refractivity contribution in [1.82, 2.24) is 24.9 Å². The van der Waals surface area contributed by atoms with Crippen LogP contribution in [0.4, 0.5) is 5.95 Å². The van der Waals surface area contributed by atoms with Crippen molar-refractivity contribution >= 4 is 44.3 Å². The summed E-state index contributed by atoms with van der Waals surface area (Å²) in [5, 5.41) is 11.9. The number of nitrogens with zero attached hydrogens (tertiary/aromatic N) is 4. The maximum absolute atomic E-state index is 12.4. The van der Waals surface area contributed by atoms with E-state index in [-0.39, 0.29) is 11.9 Å². The lowest BCUT2D eigenvalue weighted by atomic mass is 10.1. The minimum atomic E-state index is -0.342. The number of hydrogen-bond donors (Lipinski definition) is 2. The Kier molecular flexibility index (Phi) is 4.63. The third-order valence-corrected chi connectivity index (χ3v) is 5.82. The van der Waals surface area contributed by atoms with E-state index in [4.69, 9.17) is 15.1 Å². The predicted octanol–water partition coefficient (Wildman–Crippen LogP) is 3.79. The molecule has 4 aromatic rings. The molecule has 29 heavy (non-hydrogen) atoms. The number of carbonyl (C=O) groups excluding carboxylic acids is 1. The number of anilines is 1. The monoisotopic (exact) mass is 450 g/mol. The number of carbonyl (C=O) groups is 1.